The third-order valence-corrected chi connectivity index (χ3v) is 2.66. The largest absolute Gasteiger partial charge is 0.396 e. The van der Waals surface area contributed by atoms with Crippen molar-refractivity contribution in [3.05, 3.63) is 0 Å². The Balaban J connectivity index is 2.20. The molecule has 0 aliphatic heterocycles. The van der Waals surface area contributed by atoms with Gasteiger partial charge in [-0.1, -0.05) is 19.3 Å². The van der Waals surface area contributed by atoms with E-state index in [0.29, 0.717) is 0 Å². The van der Waals surface area contributed by atoms with E-state index in [1.807, 2.05) is 6.92 Å². The summed E-state index contributed by atoms with van der Waals surface area (Å²) in [7, 11) is 0. The van der Waals surface area contributed by atoms with Crippen LogP contribution in [0, 0.1) is 5.92 Å². The number of nitrogens with two attached hydrogens (primary N) is 1. The lowest BCUT2D eigenvalue weighted by Crippen LogP contribution is -2.40. The van der Waals surface area contributed by atoms with Crippen molar-refractivity contribution in [1.82, 2.24) is 0 Å². The molecule has 1 rings (SSSR count). The molecule has 0 radical (unpaired) electrons. The quantitative estimate of drug-likeness (QED) is 0.645. The molecule has 1 fully saturated rings. The molecule has 1 unspecified atom stereocenters. The van der Waals surface area contributed by atoms with Crippen LogP contribution in [0.2, 0.25) is 0 Å². The Hall–Kier alpha value is -0.0800. The highest BCUT2D eigenvalue weighted by atomic mass is 16.3. The zero-order valence-corrected chi connectivity index (χ0v) is 7.34. The smallest absolute Gasteiger partial charge is 0.0448 e. The van der Waals surface area contributed by atoms with E-state index >= 15 is 0 Å². The predicted octanol–water partition coefficient (Wildman–Crippen LogP) is 1.28. The molecule has 11 heavy (non-hydrogen) atoms. The molecule has 1 saturated carbocycles. The molecule has 2 heteroatoms. The molecule has 1 aliphatic carbocycles. The maximum absolute atomic E-state index is 8.73. The van der Waals surface area contributed by atoms with Crippen molar-refractivity contribution in [3.8, 4) is 0 Å². The number of hydrogen-bond acceptors (Lipinski definition) is 2. The molecule has 3 N–H and O–H groups in total. The van der Waals surface area contributed by atoms with Crippen LogP contribution in [-0.2, 0) is 0 Å². The summed E-state index contributed by atoms with van der Waals surface area (Å²) < 4.78 is 0. The monoisotopic (exact) mass is 157 g/mol. The van der Waals surface area contributed by atoms with Crippen molar-refractivity contribution in [2.45, 2.75) is 44.6 Å². The van der Waals surface area contributed by atoms with E-state index < -0.39 is 0 Å². The summed E-state index contributed by atoms with van der Waals surface area (Å²) in [5.41, 5.74) is 5.85. The summed E-state index contributed by atoms with van der Waals surface area (Å²) in [6.07, 6.45) is 5.90. The van der Waals surface area contributed by atoms with Crippen molar-refractivity contribution >= 4 is 0 Å². The average Bonchev–Trinajstić information content (AvgIpc) is 1.79. The van der Waals surface area contributed by atoms with Gasteiger partial charge in [0, 0.05) is 12.1 Å². The molecule has 0 bridgehead atoms. The Morgan fingerprint density at radius 2 is 2.18 bits per heavy atom. The fourth-order valence-corrected chi connectivity index (χ4v) is 1.71. The topological polar surface area (TPSA) is 46.2 Å². The SMILES string of the molecule is CC(N)(CCO)CC1CCC1. The fraction of sp³-hybridized carbons (Fsp3) is 1.00. The highest BCUT2D eigenvalue weighted by Crippen LogP contribution is 2.33. The summed E-state index contributed by atoms with van der Waals surface area (Å²) in [5, 5.41) is 8.73. The second-order valence-electron chi connectivity index (χ2n) is 4.13. The normalized spacial score (nSPS) is 24.3. The van der Waals surface area contributed by atoms with E-state index in [-0.39, 0.29) is 12.1 Å². The minimum atomic E-state index is -0.125. The van der Waals surface area contributed by atoms with Crippen molar-refractivity contribution < 1.29 is 5.11 Å². The molecule has 66 valence electrons. The van der Waals surface area contributed by atoms with Crippen LogP contribution in [0.25, 0.3) is 0 Å². The minimum Gasteiger partial charge on any atom is -0.396 e. The Bertz CT molecular complexity index is 119. The highest BCUT2D eigenvalue weighted by molar-refractivity contribution is 4.84. The van der Waals surface area contributed by atoms with Crippen LogP contribution in [0.1, 0.15) is 39.0 Å². The van der Waals surface area contributed by atoms with E-state index in [9.17, 15) is 0 Å². The van der Waals surface area contributed by atoms with Gasteiger partial charge in [0.25, 0.3) is 0 Å². The van der Waals surface area contributed by atoms with Crippen molar-refractivity contribution in [1.29, 1.82) is 0 Å². The van der Waals surface area contributed by atoms with E-state index in [2.05, 4.69) is 0 Å². The van der Waals surface area contributed by atoms with Crippen LogP contribution in [-0.4, -0.2) is 17.3 Å². The zero-order chi connectivity index (χ0) is 8.32. The van der Waals surface area contributed by atoms with Gasteiger partial charge in [0.1, 0.15) is 0 Å². The number of hydrogen-bond donors (Lipinski definition) is 2. The van der Waals surface area contributed by atoms with Gasteiger partial charge >= 0.3 is 0 Å². The molecule has 0 amide bonds. The zero-order valence-electron chi connectivity index (χ0n) is 7.34. The van der Waals surface area contributed by atoms with Crippen LogP contribution in [0.3, 0.4) is 0 Å². The first kappa shape index (κ1) is 9.01. The minimum absolute atomic E-state index is 0.125. The standard InChI is InChI=1S/C9H19NO/c1-9(10,5-6-11)7-8-3-2-4-8/h8,11H,2-7,10H2,1H3. The average molecular weight is 157 g/mol. The molecule has 2 nitrogen and oxygen atoms in total. The summed E-state index contributed by atoms with van der Waals surface area (Å²) in [5.74, 6) is 0.844. The second kappa shape index (κ2) is 3.55. The number of aliphatic hydroxyl groups is 1. The third kappa shape index (κ3) is 2.80. The van der Waals surface area contributed by atoms with Crippen molar-refractivity contribution in [2.24, 2.45) is 11.7 Å². The van der Waals surface area contributed by atoms with Gasteiger partial charge in [0.05, 0.1) is 0 Å². The van der Waals surface area contributed by atoms with Gasteiger partial charge in [0.15, 0.2) is 0 Å². The Morgan fingerprint density at radius 3 is 2.55 bits per heavy atom. The van der Waals surface area contributed by atoms with Crippen LogP contribution < -0.4 is 5.73 Å². The van der Waals surface area contributed by atoms with Gasteiger partial charge in [-0.15, -0.1) is 0 Å². The van der Waals surface area contributed by atoms with Crippen LogP contribution in [0.4, 0.5) is 0 Å². The molecular weight excluding hydrogens is 138 g/mol. The van der Waals surface area contributed by atoms with Gasteiger partial charge in [-0.2, -0.15) is 0 Å². The second-order valence-corrected chi connectivity index (χ2v) is 4.13. The maximum atomic E-state index is 8.73. The van der Waals surface area contributed by atoms with E-state index in [1.165, 1.54) is 19.3 Å². The van der Waals surface area contributed by atoms with Gasteiger partial charge in [-0.05, 0) is 25.7 Å². The molecule has 0 spiro atoms. The first-order chi connectivity index (χ1) is 5.14. The van der Waals surface area contributed by atoms with Crippen molar-refractivity contribution in [2.75, 3.05) is 6.61 Å². The molecule has 0 aromatic carbocycles. The molecule has 1 aliphatic rings. The number of rotatable bonds is 4. The summed E-state index contributed by atoms with van der Waals surface area (Å²) in [6, 6.07) is 0. The van der Waals surface area contributed by atoms with Crippen molar-refractivity contribution in [3.63, 3.8) is 0 Å². The lowest BCUT2D eigenvalue weighted by Gasteiger charge is -2.33. The summed E-state index contributed by atoms with van der Waals surface area (Å²) in [6.45, 7) is 2.27. The van der Waals surface area contributed by atoms with Gasteiger partial charge in [-0.3, -0.25) is 0 Å². The maximum Gasteiger partial charge on any atom is 0.0448 e. The lowest BCUT2D eigenvalue weighted by molar-refractivity contribution is 0.190. The van der Waals surface area contributed by atoms with Crippen LogP contribution >= 0.6 is 0 Å². The highest BCUT2D eigenvalue weighted by Gasteiger charge is 2.26. The van der Waals surface area contributed by atoms with E-state index in [4.69, 9.17) is 10.8 Å². The van der Waals surface area contributed by atoms with Crippen LogP contribution in [0.5, 0.6) is 0 Å². The Morgan fingerprint density at radius 1 is 1.55 bits per heavy atom. The molecular formula is C9H19NO. The van der Waals surface area contributed by atoms with Gasteiger partial charge < -0.3 is 10.8 Å². The summed E-state index contributed by atoms with van der Waals surface area (Å²) in [4.78, 5) is 0. The molecule has 0 heterocycles. The van der Waals surface area contributed by atoms with Gasteiger partial charge in [-0.25, -0.2) is 0 Å². The van der Waals surface area contributed by atoms with Crippen LogP contribution in [0.15, 0.2) is 0 Å². The Kier molecular flexibility index (Phi) is 2.90. The molecule has 1 atom stereocenters. The lowest BCUT2D eigenvalue weighted by atomic mass is 9.76. The van der Waals surface area contributed by atoms with E-state index in [0.717, 1.165) is 18.8 Å². The summed E-state index contributed by atoms with van der Waals surface area (Å²) >= 11 is 0. The first-order valence-corrected chi connectivity index (χ1v) is 4.54. The molecule has 0 aromatic rings. The van der Waals surface area contributed by atoms with E-state index in [1.54, 1.807) is 0 Å². The number of aliphatic hydroxyl groups excluding tert-OH is 1. The third-order valence-electron chi connectivity index (χ3n) is 2.66. The fourth-order valence-electron chi connectivity index (χ4n) is 1.71. The molecule has 0 saturated heterocycles. The Labute approximate surface area is 68.8 Å². The van der Waals surface area contributed by atoms with Gasteiger partial charge in [0.2, 0.25) is 0 Å². The first-order valence-electron chi connectivity index (χ1n) is 4.54. The predicted molar refractivity (Wildman–Crippen MR) is 46.3 cm³/mol. The molecule has 0 aromatic heterocycles.